The van der Waals surface area contributed by atoms with Gasteiger partial charge in [-0.05, 0) is 96.4 Å². The highest BCUT2D eigenvalue weighted by Crippen LogP contribution is 2.30. The molecule has 0 spiro atoms. The molecule has 0 unspecified atom stereocenters. The van der Waals surface area contributed by atoms with E-state index in [2.05, 4.69) is 229 Å². The number of fused-ring (bicyclic) bond motifs is 10. The lowest BCUT2D eigenvalue weighted by Crippen LogP contribution is -1.95. The molecule has 4 heteroatoms. The van der Waals surface area contributed by atoms with Crippen LogP contribution in [0, 0.1) is 20.8 Å². The van der Waals surface area contributed by atoms with Crippen LogP contribution in [0.1, 0.15) is 17.0 Å². The standard InChI is InChI=1S/C15H12.C14H12N2.2C13H11N.C7H8/c1-11-10-12-6-2-3-8-14(12)15-9-5-4-7-13(11)15;1-11-15-13-9-5-6-10-14(13)16(11)12-7-3-2-4-8-12;2*1-14-12-8-4-2-6-10(12)11-7-3-5-9-13(11)14;1-7-5-3-2-4-6-7/h2-10H,1H3;2-10H,1H3;2*2-9H,1H3;2-6H,1H3. The number of nitrogens with zero attached hydrogens (tertiary/aromatic N) is 4. The quantitative estimate of drug-likeness (QED) is 0.151. The third-order valence-corrected chi connectivity index (χ3v) is 12.3. The van der Waals surface area contributed by atoms with Crippen molar-refractivity contribution in [2.45, 2.75) is 20.8 Å². The molecule has 4 nitrogen and oxygen atoms in total. The van der Waals surface area contributed by atoms with E-state index in [1.807, 2.05) is 61.5 Å². The first-order valence-corrected chi connectivity index (χ1v) is 22.6. The monoisotopic (exact) mass is 854 g/mol. The minimum atomic E-state index is 1.02. The molecule has 0 saturated carbocycles. The highest BCUT2D eigenvalue weighted by molar-refractivity contribution is 6.10. The molecule has 3 aromatic heterocycles. The molecule has 0 fully saturated rings. The Morgan fingerprint density at radius 1 is 0.318 bits per heavy atom. The molecule has 3 heterocycles. The maximum atomic E-state index is 4.55. The van der Waals surface area contributed by atoms with Gasteiger partial charge in [0.15, 0.2) is 0 Å². The van der Waals surface area contributed by atoms with Crippen LogP contribution in [0.25, 0.3) is 81.9 Å². The summed E-state index contributed by atoms with van der Waals surface area (Å²) < 4.78 is 6.66. The highest BCUT2D eigenvalue weighted by atomic mass is 15.1. The summed E-state index contributed by atoms with van der Waals surface area (Å²) in [6.07, 6.45) is 0. The number of imidazole rings is 1. The molecule has 0 aliphatic rings. The van der Waals surface area contributed by atoms with Gasteiger partial charge in [0.25, 0.3) is 0 Å². The molecule has 0 amide bonds. The van der Waals surface area contributed by atoms with E-state index < -0.39 is 0 Å². The van der Waals surface area contributed by atoms with Crippen molar-refractivity contribution in [2.24, 2.45) is 14.1 Å². The van der Waals surface area contributed by atoms with Crippen LogP contribution in [0.2, 0.25) is 0 Å². The Morgan fingerprint density at radius 3 is 1.15 bits per heavy atom. The molecule has 0 aliphatic carbocycles. The van der Waals surface area contributed by atoms with Gasteiger partial charge in [0.1, 0.15) is 5.82 Å². The summed E-state index contributed by atoms with van der Waals surface area (Å²) in [5.74, 6) is 1.02. The lowest BCUT2D eigenvalue weighted by Gasteiger charge is -2.06. The van der Waals surface area contributed by atoms with Gasteiger partial charge < -0.3 is 9.13 Å². The Hall–Kier alpha value is -8.21. The number of hydrogen-bond acceptors (Lipinski definition) is 1. The number of aromatic nitrogens is 4. The van der Waals surface area contributed by atoms with Crippen molar-refractivity contribution in [1.29, 1.82) is 0 Å². The first-order valence-electron chi connectivity index (χ1n) is 22.6. The molecule has 10 aromatic carbocycles. The van der Waals surface area contributed by atoms with Gasteiger partial charge in [0.05, 0.1) is 11.0 Å². The number of hydrogen-bond donors (Lipinski definition) is 0. The molecule has 13 rings (SSSR count). The maximum Gasteiger partial charge on any atom is 0.111 e. The summed E-state index contributed by atoms with van der Waals surface area (Å²) in [4.78, 5) is 4.55. The van der Waals surface area contributed by atoms with Crippen molar-refractivity contribution < 1.29 is 0 Å². The summed E-state index contributed by atoms with van der Waals surface area (Å²) in [5, 5.41) is 10.7. The normalized spacial score (nSPS) is 10.8. The first-order chi connectivity index (χ1) is 32.4. The Labute approximate surface area is 387 Å². The molecular formula is C62H54N4. The predicted molar refractivity (Wildman–Crippen MR) is 284 cm³/mol. The van der Waals surface area contributed by atoms with Crippen LogP contribution in [0.3, 0.4) is 0 Å². The van der Waals surface area contributed by atoms with Gasteiger partial charge in [-0.25, -0.2) is 4.98 Å². The molecule has 13 aromatic rings. The van der Waals surface area contributed by atoms with Gasteiger partial charge in [-0.15, -0.1) is 0 Å². The molecule has 0 N–H and O–H groups in total. The molecular weight excluding hydrogens is 801 g/mol. The van der Waals surface area contributed by atoms with Crippen molar-refractivity contribution in [1.82, 2.24) is 18.7 Å². The Morgan fingerprint density at radius 2 is 0.682 bits per heavy atom. The van der Waals surface area contributed by atoms with Crippen molar-refractivity contribution in [3.63, 3.8) is 0 Å². The SMILES string of the molecule is Cc1cc2ccccc2c2ccccc12.Cc1ccccc1.Cc1nc2ccccc2n1-c1ccccc1.Cn1c2ccccc2c2ccccc21.Cn1c2ccccc2c2ccccc21. The average Bonchev–Trinajstić information content (AvgIpc) is 3.98. The van der Waals surface area contributed by atoms with Crippen LogP contribution in [0.15, 0.2) is 237 Å². The second-order valence-electron chi connectivity index (χ2n) is 16.6. The minimum absolute atomic E-state index is 1.02. The topological polar surface area (TPSA) is 27.7 Å². The molecule has 0 saturated heterocycles. The number of para-hydroxylation sites is 7. The number of benzene rings is 10. The van der Waals surface area contributed by atoms with E-state index in [4.69, 9.17) is 0 Å². The fourth-order valence-electron chi connectivity index (χ4n) is 9.06. The Bertz CT molecular complexity index is 3490. The van der Waals surface area contributed by atoms with Gasteiger partial charge in [-0.3, -0.25) is 4.57 Å². The van der Waals surface area contributed by atoms with Crippen LogP contribution in [-0.2, 0) is 14.1 Å². The first kappa shape index (κ1) is 43.1. The minimum Gasteiger partial charge on any atom is -0.344 e. The van der Waals surface area contributed by atoms with E-state index in [1.54, 1.807) is 0 Å². The average molecular weight is 855 g/mol. The molecule has 0 bridgehead atoms. The van der Waals surface area contributed by atoms with Crippen LogP contribution in [-0.4, -0.2) is 18.7 Å². The van der Waals surface area contributed by atoms with Gasteiger partial charge in [0.2, 0.25) is 0 Å². The third-order valence-electron chi connectivity index (χ3n) is 12.3. The van der Waals surface area contributed by atoms with Crippen molar-refractivity contribution >= 4 is 76.2 Å². The smallest absolute Gasteiger partial charge is 0.111 e. The van der Waals surface area contributed by atoms with E-state index in [0.717, 1.165) is 22.5 Å². The summed E-state index contributed by atoms with van der Waals surface area (Å²) >= 11 is 0. The fourth-order valence-corrected chi connectivity index (χ4v) is 9.06. The van der Waals surface area contributed by atoms with Gasteiger partial charge in [-0.1, -0.05) is 194 Å². The molecule has 0 atom stereocenters. The van der Waals surface area contributed by atoms with Crippen molar-refractivity contribution in [3.8, 4) is 5.69 Å². The maximum absolute atomic E-state index is 4.55. The zero-order valence-corrected chi connectivity index (χ0v) is 38.3. The van der Waals surface area contributed by atoms with Crippen LogP contribution in [0.4, 0.5) is 0 Å². The molecule has 0 aliphatic heterocycles. The second kappa shape index (κ2) is 19.7. The summed E-state index contributed by atoms with van der Waals surface area (Å²) in [6.45, 7) is 6.29. The summed E-state index contributed by atoms with van der Waals surface area (Å²) in [6, 6.07) is 82.3. The lowest BCUT2D eigenvalue weighted by atomic mass is 9.98. The lowest BCUT2D eigenvalue weighted by molar-refractivity contribution is 1.00. The van der Waals surface area contributed by atoms with E-state index in [-0.39, 0.29) is 0 Å². The van der Waals surface area contributed by atoms with Crippen LogP contribution < -0.4 is 0 Å². The molecule has 0 radical (unpaired) electrons. The van der Waals surface area contributed by atoms with Crippen LogP contribution >= 0.6 is 0 Å². The zero-order chi connectivity index (χ0) is 45.4. The zero-order valence-electron chi connectivity index (χ0n) is 38.3. The predicted octanol–water partition coefficient (Wildman–Crippen LogP) is 16.3. The van der Waals surface area contributed by atoms with Gasteiger partial charge >= 0.3 is 0 Å². The second-order valence-corrected chi connectivity index (χ2v) is 16.6. The van der Waals surface area contributed by atoms with Gasteiger partial charge in [-0.2, -0.15) is 0 Å². The molecule has 66 heavy (non-hydrogen) atoms. The van der Waals surface area contributed by atoms with E-state index in [9.17, 15) is 0 Å². The van der Waals surface area contributed by atoms with Gasteiger partial charge in [0, 0.05) is 63.4 Å². The highest BCUT2D eigenvalue weighted by Gasteiger charge is 2.09. The van der Waals surface area contributed by atoms with Crippen molar-refractivity contribution in [2.75, 3.05) is 0 Å². The van der Waals surface area contributed by atoms with Crippen molar-refractivity contribution in [3.05, 3.63) is 254 Å². The van der Waals surface area contributed by atoms with Crippen LogP contribution in [0.5, 0.6) is 0 Å². The number of aryl methyl sites for hydroxylation is 5. The van der Waals surface area contributed by atoms with E-state index >= 15 is 0 Å². The fraction of sp³-hybridized carbons (Fsp3) is 0.0806. The largest absolute Gasteiger partial charge is 0.344 e. The van der Waals surface area contributed by atoms with E-state index in [0.29, 0.717) is 0 Å². The molecule has 322 valence electrons. The number of rotatable bonds is 1. The Balaban J connectivity index is 0.000000106. The summed E-state index contributed by atoms with van der Waals surface area (Å²) in [5.41, 5.74) is 11.2. The third kappa shape index (κ3) is 8.95. The summed E-state index contributed by atoms with van der Waals surface area (Å²) in [7, 11) is 4.23. The van der Waals surface area contributed by atoms with E-state index in [1.165, 1.54) is 76.3 Å². The Kier molecular flexibility index (Phi) is 12.8.